The molecule has 0 bridgehead atoms. The van der Waals surface area contributed by atoms with Crippen LogP contribution in [0.4, 0.5) is 0 Å². The first kappa shape index (κ1) is 43.1. The van der Waals surface area contributed by atoms with Gasteiger partial charge in [0.05, 0.1) is 41.8 Å². The van der Waals surface area contributed by atoms with E-state index in [4.69, 9.17) is 35.8 Å². The molecule has 3 saturated heterocycles. The van der Waals surface area contributed by atoms with Crippen LogP contribution in [-0.4, -0.2) is 127 Å². The number of amides is 3. The molecule has 2 aromatic heterocycles. The topological polar surface area (TPSA) is 181 Å². The Morgan fingerprint density at radius 3 is 2.57 bits per heavy atom. The van der Waals surface area contributed by atoms with Gasteiger partial charge in [0.25, 0.3) is 5.91 Å². The van der Waals surface area contributed by atoms with Crippen molar-refractivity contribution in [1.29, 1.82) is 0 Å². The molecular weight excluding hydrogens is 830 g/mol. The number of pyridine rings is 1. The molecule has 326 valence electrons. The molecule has 3 amide bonds. The quantitative estimate of drug-likeness (QED) is 0.184. The van der Waals surface area contributed by atoms with Crippen molar-refractivity contribution in [3.05, 3.63) is 34.3 Å². The molecule has 8 rings (SSSR count). The number of halogens is 1. The molecule has 7 atom stereocenters. The van der Waals surface area contributed by atoms with Crippen LogP contribution in [0.15, 0.2) is 23.6 Å². The molecular formula is C42H56ClN7O8S2. The van der Waals surface area contributed by atoms with Crippen LogP contribution < -0.4 is 24.8 Å². The van der Waals surface area contributed by atoms with Gasteiger partial charge in [-0.1, -0.05) is 59.1 Å². The van der Waals surface area contributed by atoms with E-state index in [1.807, 2.05) is 44.4 Å². The first-order valence-corrected chi connectivity index (χ1v) is 24.2. The van der Waals surface area contributed by atoms with Crippen molar-refractivity contribution >= 4 is 61.6 Å². The Bertz CT molecular complexity index is 2230. The fourth-order valence-corrected chi connectivity index (χ4v) is 11.3. The lowest BCUT2D eigenvalue weighted by molar-refractivity contribution is -0.146. The largest absolute Gasteiger partial charge is 0.491 e. The number of aromatic nitrogens is 2. The van der Waals surface area contributed by atoms with E-state index >= 15 is 0 Å². The van der Waals surface area contributed by atoms with E-state index in [0.717, 1.165) is 31.7 Å². The fourth-order valence-electron chi connectivity index (χ4n) is 8.75. The SMILES string of the molecule is CC[C@@H]1C[C@]1(NC(=O)[C@@H]1C[C@@H](Oc2cc(-c3nc(C(C)C)cs3)nc3c(Cl)c(OCCN4CCOCC4)ccc23)[C@H]2CN[C@H]([C@@H](C)CC)C(=O)N21)C(=O)NS(=O)(=O)C1CC1. The van der Waals surface area contributed by atoms with Crippen molar-refractivity contribution in [2.45, 2.75) is 114 Å². The summed E-state index contributed by atoms with van der Waals surface area (Å²) in [5, 5.41) is 9.50. The van der Waals surface area contributed by atoms with E-state index in [1.54, 1.807) is 4.90 Å². The maximum absolute atomic E-state index is 14.5. The van der Waals surface area contributed by atoms with Gasteiger partial charge < -0.3 is 29.7 Å². The maximum Gasteiger partial charge on any atom is 0.259 e. The average Bonchev–Trinajstić information content (AvgIpc) is 4.13. The Labute approximate surface area is 360 Å². The number of piperazine rings is 1. The molecule has 0 radical (unpaired) electrons. The number of sulfonamides is 1. The summed E-state index contributed by atoms with van der Waals surface area (Å²) >= 11 is 8.60. The second kappa shape index (κ2) is 17.3. The standard InChI is InChI=1S/C42H56ClN7O8S2/c1-6-24(5)36-40(52)50-30(38(51)47-42(20-25(42)7-2)41(53)48-60(54,55)26-8-9-26)19-34(31(50)21-44-36)58-33-18-28(39-46-29(22-59-39)23(3)4)45-37-27(33)10-11-32(35(37)43)57-17-14-49-12-15-56-16-13-49/h10-11,18,22-26,30-31,34,36,44H,6-9,12-17,19-21H2,1-5H3,(H,47,51)(H,48,53)/t24-,25+,30-,31+,34+,36+,42+/m0/s1. The second-order valence-electron chi connectivity index (χ2n) is 17.3. The Hall–Kier alpha value is -3.61. The molecule has 2 saturated carbocycles. The highest BCUT2D eigenvalue weighted by Crippen LogP contribution is 2.47. The molecule has 60 heavy (non-hydrogen) atoms. The van der Waals surface area contributed by atoms with Crippen LogP contribution in [0.1, 0.15) is 84.8 Å². The molecule has 15 nitrogen and oxygen atoms in total. The molecule has 3 aromatic rings. The summed E-state index contributed by atoms with van der Waals surface area (Å²) in [5.41, 5.74) is 0.592. The number of hydrogen-bond acceptors (Lipinski definition) is 13. The Balaban J connectivity index is 1.11. The molecule has 5 fully saturated rings. The van der Waals surface area contributed by atoms with Crippen molar-refractivity contribution in [3.8, 4) is 22.2 Å². The van der Waals surface area contributed by atoms with Gasteiger partial charge in [-0.05, 0) is 49.1 Å². The summed E-state index contributed by atoms with van der Waals surface area (Å²) < 4.78 is 46.6. The fraction of sp³-hybridized carbons (Fsp3) is 0.643. The number of morpholine rings is 1. The molecule has 3 N–H and O–H groups in total. The molecule has 2 aliphatic carbocycles. The third kappa shape index (κ3) is 8.46. The Kier molecular flexibility index (Phi) is 12.4. The van der Waals surface area contributed by atoms with Crippen molar-refractivity contribution in [3.63, 3.8) is 0 Å². The zero-order chi connectivity index (χ0) is 42.5. The summed E-state index contributed by atoms with van der Waals surface area (Å²) in [6, 6.07) is 3.50. The summed E-state index contributed by atoms with van der Waals surface area (Å²) in [5.74, 6) is -0.524. The van der Waals surface area contributed by atoms with Crippen LogP contribution in [0.25, 0.3) is 21.6 Å². The van der Waals surface area contributed by atoms with E-state index in [-0.39, 0.29) is 30.1 Å². The average molecular weight is 887 g/mol. The molecule has 0 spiro atoms. The normalized spacial score (nSPS) is 27.5. The number of thiazole rings is 1. The monoisotopic (exact) mass is 885 g/mol. The number of nitrogens with zero attached hydrogens (tertiary/aromatic N) is 4. The minimum Gasteiger partial charge on any atom is -0.491 e. The number of ether oxygens (including phenoxy) is 3. The van der Waals surface area contributed by atoms with Crippen LogP contribution in [0.3, 0.4) is 0 Å². The molecule has 5 heterocycles. The summed E-state index contributed by atoms with van der Waals surface area (Å²) in [6.45, 7) is 14.7. The molecule has 5 aliphatic rings. The number of nitrogens with one attached hydrogen (secondary N) is 3. The smallest absolute Gasteiger partial charge is 0.259 e. The lowest BCUT2D eigenvalue weighted by Gasteiger charge is -2.41. The van der Waals surface area contributed by atoms with Crippen molar-refractivity contribution in [2.75, 3.05) is 46.0 Å². The predicted octanol–water partition coefficient (Wildman–Crippen LogP) is 4.47. The van der Waals surface area contributed by atoms with Crippen LogP contribution in [0.2, 0.25) is 5.02 Å². The Morgan fingerprint density at radius 2 is 1.90 bits per heavy atom. The van der Waals surface area contributed by atoms with Gasteiger partial charge in [-0.15, -0.1) is 11.3 Å². The second-order valence-corrected chi connectivity index (χ2v) is 20.4. The summed E-state index contributed by atoms with van der Waals surface area (Å²) in [7, 11) is -3.84. The maximum atomic E-state index is 14.5. The van der Waals surface area contributed by atoms with E-state index < -0.39 is 56.9 Å². The van der Waals surface area contributed by atoms with Gasteiger partial charge in [0.1, 0.15) is 51.5 Å². The van der Waals surface area contributed by atoms with Gasteiger partial charge in [0, 0.05) is 49.4 Å². The van der Waals surface area contributed by atoms with Crippen molar-refractivity contribution < 1.29 is 37.0 Å². The van der Waals surface area contributed by atoms with Crippen LogP contribution in [0, 0.1) is 11.8 Å². The van der Waals surface area contributed by atoms with Crippen LogP contribution in [0.5, 0.6) is 11.5 Å². The first-order valence-electron chi connectivity index (χ1n) is 21.4. The predicted molar refractivity (Wildman–Crippen MR) is 229 cm³/mol. The van der Waals surface area contributed by atoms with E-state index in [0.29, 0.717) is 90.2 Å². The van der Waals surface area contributed by atoms with Gasteiger partial charge >= 0.3 is 0 Å². The zero-order valence-electron chi connectivity index (χ0n) is 34.9. The van der Waals surface area contributed by atoms with Gasteiger partial charge in [-0.25, -0.2) is 18.4 Å². The number of benzene rings is 1. The van der Waals surface area contributed by atoms with Gasteiger partial charge in [0.15, 0.2) is 0 Å². The van der Waals surface area contributed by atoms with E-state index in [1.165, 1.54) is 11.3 Å². The summed E-state index contributed by atoms with van der Waals surface area (Å²) in [4.78, 5) is 56.4. The minimum atomic E-state index is -3.84. The van der Waals surface area contributed by atoms with Crippen molar-refractivity contribution in [1.82, 2.24) is 35.1 Å². The van der Waals surface area contributed by atoms with Gasteiger partial charge in [-0.3, -0.25) is 24.0 Å². The van der Waals surface area contributed by atoms with E-state index in [2.05, 4.69) is 34.1 Å². The number of fused-ring (bicyclic) bond motifs is 2. The highest BCUT2D eigenvalue weighted by Gasteiger charge is 2.63. The highest BCUT2D eigenvalue weighted by molar-refractivity contribution is 7.91. The summed E-state index contributed by atoms with van der Waals surface area (Å²) in [6.07, 6.45) is 2.10. The third-order valence-electron chi connectivity index (χ3n) is 12.9. The molecule has 3 aliphatic heterocycles. The molecule has 1 aromatic carbocycles. The number of carbonyl (C=O) groups excluding carboxylic acids is 3. The third-order valence-corrected chi connectivity index (χ3v) is 16.0. The Morgan fingerprint density at radius 1 is 1.13 bits per heavy atom. The molecule has 18 heteroatoms. The number of hydrogen-bond donors (Lipinski definition) is 3. The zero-order valence-corrected chi connectivity index (χ0v) is 37.3. The van der Waals surface area contributed by atoms with Crippen molar-refractivity contribution in [2.24, 2.45) is 11.8 Å². The lowest BCUT2D eigenvalue weighted by Crippen LogP contribution is -2.65. The van der Waals surface area contributed by atoms with Crippen LogP contribution >= 0.6 is 22.9 Å². The van der Waals surface area contributed by atoms with Gasteiger partial charge in [0.2, 0.25) is 21.8 Å². The first-order chi connectivity index (χ1) is 28.7. The molecule has 0 unspecified atom stereocenters. The number of carbonyl (C=O) groups is 3. The minimum absolute atomic E-state index is 0.00654. The lowest BCUT2D eigenvalue weighted by atomic mass is 9.94. The number of rotatable bonds is 16. The van der Waals surface area contributed by atoms with Crippen LogP contribution in [-0.2, 0) is 29.1 Å². The van der Waals surface area contributed by atoms with E-state index in [9.17, 15) is 22.8 Å². The van der Waals surface area contributed by atoms with Gasteiger partial charge in [-0.2, -0.15) is 0 Å². The highest BCUT2D eigenvalue weighted by atomic mass is 35.5.